The van der Waals surface area contributed by atoms with E-state index in [4.69, 9.17) is 4.98 Å². The summed E-state index contributed by atoms with van der Waals surface area (Å²) < 4.78 is 2.24. The normalized spacial score (nSPS) is 19.3. The van der Waals surface area contributed by atoms with E-state index in [0.29, 0.717) is 6.54 Å². The fraction of sp³-hybridized carbons (Fsp3) is 0.579. The smallest absolute Gasteiger partial charge is 0.237 e. The van der Waals surface area contributed by atoms with Gasteiger partial charge in [0, 0.05) is 19.5 Å². The second-order valence-corrected chi connectivity index (χ2v) is 6.65. The van der Waals surface area contributed by atoms with Crippen molar-refractivity contribution in [1.82, 2.24) is 19.8 Å². The number of likely N-dealkylation sites (tertiary alicyclic amines) is 1. The predicted molar refractivity (Wildman–Crippen MR) is 97.0 cm³/mol. The molecule has 2 heterocycles. The number of fused-ring (bicyclic) bond motifs is 1. The zero-order valence-corrected chi connectivity index (χ0v) is 14.8. The number of nitrogens with zero attached hydrogens (tertiary/aromatic N) is 3. The van der Waals surface area contributed by atoms with Crippen molar-refractivity contribution in [2.45, 2.75) is 51.6 Å². The number of rotatable bonds is 5. The number of nitrogens with one attached hydrogen (secondary N) is 1. The average molecular weight is 328 g/mol. The molecule has 5 nitrogen and oxygen atoms in total. The van der Waals surface area contributed by atoms with Crippen LogP contribution >= 0.6 is 0 Å². The van der Waals surface area contributed by atoms with Gasteiger partial charge in [-0.25, -0.2) is 4.98 Å². The topological polar surface area (TPSA) is 50.2 Å². The highest BCUT2D eigenvalue weighted by atomic mass is 16.2. The molecule has 24 heavy (non-hydrogen) atoms. The standard InChI is InChI=1S/C19H28N4O/c1-3-23-16-10-7-6-9-15(16)21-18(23)12-13-20-19(24)17-11-5-4-8-14-22(17)2/h6-7,9-10,17H,3-5,8,11-14H2,1-2H3,(H,20,24). The lowest BCUT2D eigenvalue weighted by Gasteiger charge is -2.24. The van der Waals surface area contributed by atoms with Crippen LogP contribution in [-0.4, -0.2) is 46.5 Å². The third kappa shape index (κ3) is 3.61. The van der Waals surface area contributed by atoms with Gasteiger partial charge in [0.15, 0.2) is 0 Å². The number of carbonyl (C=O) groups is 1. The minimum absolute atomic E-state index is 0.0255. The van der Waals surface area contributed by atoms with Crippen molar-refractivity contribution in [3.05, 3.63) is 30.1 Å². The zero-order valence-electron chi connectivity index (χ0n) is 14.8. The molecule has 2 aromatic rings. The minimum atomic E-state index is 0.0255. The van der Waals surface area contributed by atoms with E-state index >= 15 is 0 Å². The Morgan fingerprint density at radius 3 is 2.96 bits per heavy atom. The van der Waals surface area contributed by atoms with Crippen LogP contribution in [0.2, 0.25) is 0 Å². The van der Waals surface area contributed by atoms with Gasteiger partial charge >= 0.3 is 0 Å². The Hall–Kier alpha value is -1.88. The number of likely N-dealkylation sites (N-methyl/N-ethyl adjacent to an activating group) is 1. The molecule has 1 N–H and O–H groups in total. The Morgan fingerprint density at radius 2 is 2.12 bits per heavy atom. The van der Waals surface area contributed by atoms with Crippen LogP contribution in [0, 0.1) is 0 Å². The van der Waals surface area contributed by atoms with E-state index in [1.807, 2.05) is 18.2 Å². The highest BCUT2D eigenvalue weighted by Crippen LogP contribution is 2.17. The van der Waals surface area contributed by atoms with Gasteiger partial charge in [-0.15, -0.1) is 0 Å². The summed E-state index contributed by atoms with van der Waals surface area (Å²) in [6.45, 7) is 4.70. The van der Waals surface area contributed by atoms with Gasteiger partial charge < -0.3 is 9.88 Å². The van der Waals surface area contributed by atoms with E-state index in [-0.39, 0.29) is 11.9 Å². The van der Waals surface area contributed by atoms with Crippen LogP contribution in [0.15, 0.2) is 24.3 Å². The molecule has 1 unspecified atom stereocenters. The Labute approximate surface area is 144 Å². The molecule has 1 fully saturated rings. The molecule has 1 aromatic carbocycles. The average Bonchev–Trinajstić information content (AvgIpc) is 2.80. The van der Waals surface area contributed by atoms with E-state index < -0.39 is 0 Å². The molecule has 0 saturated carbocycles. The lowest BCUT2D eigenvalue weighted by molar-refractivity contribution is -0.126. The van der Waals surface area contributed by atoms with E-state index in [2.05, 4.69) is 34.8 Å². The predicted octanol–water partition coefficient (Wildman–Crippen LogP) is 2.59. The molecule has 130 valence electrons. The molecule has 0 bridgehead atoms. The number of aromatic nitrogens is 2. The summed E-state index contributed by atoms with van der Waals surface area (Å²) in [4.78, 5) is 19.4. The first-order valence-corrected chi connectivity index (χ1v) is 9.12. The number of imidazole rings is 1. The minimum Gasteiger partial charge on any atom is -0.354 e. The van der Waals surface area contributed by atoms with Gasteiger partial charge in [-0.05, 0) is 45.5 Å². The van der Waals surface area contributed by atoms with Crippen molar-refractivity contribution in [1.29, 1.82) is 0 Å². The van der Waals surface area contributed by atoms with Gasteiger partial charge in [0.05, 0.1) is 17.1 Å². The second kappa shape index (κ2) is 7.79. The maximum atomic E-state index is 12.5. The molecule has 0 aliphatic carbocycles. The Bertz CT molecular complexity index is 694. The molecular formula is C19H28N4O. The van der Waals surface area contributed by atoms with Crippen LogP contribution in [0.1, 0.15) is 38.4 Å². The fourth-order valence-corrected chi connectivity index (χ4v) is 3.67. The van der Waals surface area contributed by atoms with E-state index in [9.17, 15) is 4.79 Å². The quantitative estimate of drug-likeness (QED) is 0.918. The summed E-state index contributed by atoms with van der Waals surface area (Å²) in [7, 11) is 2.06. The van der Waals surface area contributed by atoms with Crippen LogP contribution in [0.4, 0.5) is 0 Å². The SMILES string of the molecule is CCn1c(CCNC(=O)C2CCCCCN2C)nc2ccccc21. The first kappa shape index (κ1) is 17.0. The second-order valence-electron chi connectivity index (χ2n) is 6.65. The van der Waals surface area contributed by atoms with Crippen LogP contribution in [0.5, 0.6) is 0 Å². The largest absolute Gasteiger partial charge is 0.354 e. The molecule has 1 aromatic heterocycles. The van der Waals surface area contributed by atoms with E-state index in [1.165, 1.54) is 18.4 Å². The number of hydrogen-bond donors (Lipinski definition) is 1. The lowest BCUT2D eigenvalue weighted by Crippen LogP contribution is -2.45. The lowest BCUT2D eigenvalue weighted by atomic mass is 10.1. The summed E-state index contributed by atoms with van der Waals surface area (Å²) >= 11 is 0. The zero-order chi connectivity index (χ0) is 16.9. The Morgan fingerprint density at radius 1 is 1.29 bits per heavy atom. The Kier molecular flexibility index (Phi) is 5.51. The van der Waals surface area contributed by atoms with Crippen LogP contribution in [0.3, 0.4) is 0 Å². The molecule has 1 atom stereocenters. The molecule has 1 amide bonds. The monoisotopic (exact) mass is 328 g/mol. The summed E-state index contributed by atoms with van der Waals surface area (Å²) in [5, 5.41) is 3.12. The number of para-hydroxylation sites is 2. The first-order chi connectivity index (χ1) is 11.7. The molecule has 1 saturated heterocycles. The van der Waals surface area contributed by atoms with Gasteiger partial charge in [0.25, 0.3) is 0 Å². The van der Waals surface area contributed by atoms with Crippen molar-refractivity contribution in [2.24, 2.45) is 0 Å². The van der Waals surface area contributed by atoms with Crippen molar-refractivity contribution < 1.29 is 4.79 Å². The van der Waals surface area contributed by atoms with Gasteiger partial charge in [0.2, 0.25) is 5.91 Å². The van der Waals surface area contributed by atoms with Crippen molar-refractivity contribution >= 4 is 16.9 Å². The summed E-state index contributed by atoms with van der Waals surface area (Å²) in [5.41, 5.74) is 2.20. The molecular weight excluding hydrogens is 300 g/mol. The maximum absolute atomic E-state index is 12.5. The van der Waals surface area contributed by atoms with E-state index in [1.54, 1.807) is 0 Å². The third-order valence-corrected chi connectivity index (χ3v) is 5.02. The third-order valence-electron chi connectivity index (χ3n) is 5.02. The van der Waals surface area contributed by atoms with Gasteiger partial charge in [-0.2, -0.15) is 0 Å². The number of hydrogen-bond acceptors (Lipinski definition) is 3. The summed E-state index contributed by atoms with van der Waals surface area (Å²) in [6.07, 6.45) is 5.31. The maximum Gasteiger partial charge on any atom is 0.237 e. The fourth-order valence-electron chi connectivity index (χ4n) is 3.67. The van der Waals surface area contributed by atoms with Gasteiger partial charge in [0.1, 0.15) is 5.82 Å². The first-order valence-electron chi connectivity index (χ1n) is 9.12. The molecule has 1 aliphatic heterocycles. The van der Waals surface area contributed by atoms with Crippen LogP contribution in [0.25, 0.3) is 11.0 Å². The van der Waals surface area contributed by atoms with Crippen molar-refractivity contribution in [3.8, 4) is 0 Å². The van der Waals surface area contributed by atoms with Crippen molar-refractivity contribution in [3.63, 3.8) is 0 Å². The molecule has 5 heteroatoms. The van der Waals surface area contributed by atoms with Crippen molar-refractivity contribution in [2.75, 3.05) is 20.1 Å². The number of amides is 1. The highest BCUT2D eigenvalue weighted by Gasteiger charge is 2.24. The molecule has 0 radical (unpaired) electrons. The van der Waals surface area contributed by atoms with Crippen LogP contribution < -0.4 is 5.32 Å². The summed E-state index contributed by atoms with van der Waals surface area (Å²) in [5.74, 6) is 1.21. The Balaban J connectivity index is 1.61. The number of aryl methyl sites for hydroxylation is 1. The molecule has 1 aliphatic rings. The molecule has 0 spiro atoms. The highest BCUT2D eigenvalue weighted by molar-refractivity contribution is 5.81. The summed E-state index contributed by atoms with van der Waals surface area (Å²) in [6, 6.07) is 8.24. The number of carbonyl (C=O) groups excluding carboxylic acids is 1. The van der Waals surface area contributed by atoms with Gasteiger partial charge in [-0.3, -0.25) is 9.69 Å². The van der Waals surface area contributed by atoms with Crippen LogP contribution in [-0.2, 0) is 17.8 Å². The number of benzene rings is 1. The molecule has 3 rings (SSSR count). The van der Waals surface area contributed by atoms with E-state index in [0.717, 1.165) is 43.7 Å². The van der Waals surface area contributed by atoms with Gasteiger partial charge in [-0.1, -0.05) is 25.0 Å².